The molecule has 11 nitrogen and oxygen atoms in total. The lowest BCUT2D eigenvalue weighted by Crippen LogP contribution is -2.54. The molecule has 0 unspecified atom stereocenters. The van der Waals surface area contributed by atoms with E-state index in [-0.39, 0.29) is 17.5 Å². The highest BCUT2D eigenvalue weighted by molar-refractivity contribution is 7.85. The highest BCUT2D eigenvalue weighted by Gasteiger charge is 2.54. The van der Waals surface area contributed by atoms with E-state index in [1.807, 2.05) is 0 Å². The number of rotatable bonds is 7. The SMILES string of the molecule is CC(C)(C)[Si](C)(C)O[C@H]1C[C@H](n2cnc3c(N)ncnc32)O[C@@]1(CO)COS(C)(=O)=O. The average molecular weight is 474 g/mol. The molecule has 0 spiro atoms. The summed E-state index contributed by atoms with van der Waals surface area (Å²) < 4.78 is 42.9. The van der Waals surface area contributed by atoms with Crippen LogP contribution in [-0.2, 0) is 23.5 Å². The lowest BCUT2D eigenvalue weighted by molar-refractivity contribution is -0.141. The Balaban J connectivity index is 2.00. The predicted octanol–water partition coefficient (Wildman–Crippen LogP) is 1.43. The van der Waals surface area contributed by atoms with Gasteiger partial charge in [0.2, 0.25) is 0 Å². The maximum Gasteiger partial charge on any atom is 0.264 e. The monoisotopic (exact) mass is 473 g/mol. The van der Waals surface area contributed by atoms with Gasteiger partial charge in [0.1, 0.15) is 30.3 Å². The fraction of sp³-hybridized carbons (Fsp3) is 0.722. The predicted molar refractivity (Wildman–Crippen MR) is 117 cm³/mol. The molecule has 2 aromatic rings. The van der Waals surface area contributed by atoms with Crippen LogP contribution in [0.4, 0.5) is 5.82 Å². The van der Waals surface area contributed by atoms with Gasteiger partial charge in [-0.25, -0.2) is 15.0 Å². The molecule has 0 amide bonds. The van der Waals surface area contributed by atoms with E-state index < -0.39 is 43.0 Å². The normalized spacial score (nSPS) is 25.4. The number of aliphatic hydroxyl groups is 1. The minimum atomic E-state index is -3.76. The molecule has 3 rings (SSSR count). The van der Waals surface area contributed by atoms with Gasteiger partial charge in [-0.1, -0.05) is 20.8 Å². The second-order valence-electron chi connectivity index (χ2n) is 9.45. The third-order valence-electron chi connectivity index (χ3n) is 6.10. The Bertz CT molecular complexity index is 1050. The first-order chi connectivity index (χ1) is 14.2. The summed E-state index contributed by atoms with van der Waals surface area (Å²) >= 11 is 0. The summed E-state index contributed by atoms with van der Waals surface area (Å²) in [5.74, 6) is 0.240. The van der Waals surface area contributed by atoms with E-state index in [1.165, 1.54) is 12.7 Å². The number of hydrogen-bond donors (Lipinski definition) is 2. The molecule has 1 aliphatic heterocycles. The van der Waals surface area contributed by atoms with E-state index >= 15 is 0 Å². The van der Waals surface area contributed by atoms with Crippen molar-refractivity contribution < 1.29 is 26.9 Å². The molecule has 31 heavy (non-hydrogen) atoms. The third kappa shape index (κ3) is 4.76. The largest absolute Gasteiger partial charge is 0.411 e. The number of imidazole rings is 1. The van der Waals surface area contributed by atoms with E-state index in [0.29, 0.717) is 17.6 Å². The lowest BCUT2D eigenvalue weighted by Gasteiger charge is -2.42. The molecule has 2 aromatic heterocycles. The molecule has 3 atom stereocenters. The van der Waals surface area contributed by atoms with Crippen LogP contribution in [0.3, 0.4) is 0 Å². The minimum Gasteiger partial charge on any atom is -0.411 e. The van der Waals surface area contributed by atoms with Crippen LogP contribution >= 0.6 is 0 Å². The number of nitrogen functional groups attached to an aromatic ring is 1. The van der Waals surface area contributed by atoms with Gasteiger partial charge in [-0.2, -0.15) is 8.42 Å². The molecule has 3 heterocycles. The smallest absolute Gasteiger partial charge is 0.264 e. The van der Waals surface area contributed by atoms with Crippen LogP contribution in [0.5, 0.6) is 0 Å². The van der Waals surface area contributed by atoms with Gasteiger partial charge in [-0.3, -0.25) is 8.75 Å². The van der Waals surface area contributed by atoms with Gasteiger partial charge in [0, 0.05) is 6.42 Å². The molecule has 1 aliphatic rings. The lowest BCUT2D eigenvalue weighted by atomic mass is 9.99. The van der Waals surface area contributed by atoms with Crippen molar-refractivity contribution >= 4 is 35.4 Å². The van der Waals surface area contributed by atoms with Crippen LogP contribution in [0, 0.1) is 0 Å². The first kappa shape index (κ1) is 24.0. The van der Waals surface area contributed by atoms with Crippen LogP contribution < -0.4 is 5.73 Å². The molecular weight excluding hydrogens is 442 g/mol. The Morgan fingerprint density at radius 2 is 2.03 bits per heavy atom. The maximum absolute atomic E-state index is 11.7. The molecule has 13 heteroatoms. The van der Waals surface area contributed by atoms with Gasteiger partial charge in [-0.15, -0.1) is 0 Å². The fourth-order valence-corrected chi connectivity index (χ4v) is 5.04. The molecule has 1 fully saturated rings. The Labute approximate surface area is 183 Å². The zero-order valence-corrected chi connectivity index (χ0v) is 20.5. The highest BCUT2D eigenvalue weighted by atomic mass is 32.2. The number of nitrogens with two attached hydrogens (primary N) is 1. The number of ether oxygens (including phenoxy) is 1. The Hall–Kier alpha value is -1.64. The zero-order valence-electron chi connectivity index (χ0n) is 18.7. The molecule has 0 aliphatic carbocycles. The summed E-state index contributed by atoms with van der Waals surface area (Å²) in [6.45, 7) is 9.61. The number of aliphatic hydroxyl groups excluding tert-OH is 1. The Morgan fingerprint density at radius 1 is 1.35 bits per heavy atom. The molecule has 174 valence electrons. The van der Waals surface area contributed by atoms with Crippen LogP contribution in [0.25, 0.3) is 11.2 Å². The van der Waals surface area contributed by atoms with Crippen molar-refractivity contribution in [1.29, 1.82) is 0 Å². The number of hydrogen-bond acceptors (Lipinski definition) is 10. The van der Waals surface area contributed by atoms with Crippen molar-refractivity contribution in [2.45, 2.75) is 63.3 Å². The number of aromatic nitrogens is 4. The topological polar surface area (TPSA) is 152 Å². The standard InChI is InChI=1S/C18H31N5O6SSi/c1-17(2,3)31(5,6)29-12-7-13(28-18(12,8-24)9-27-30(4,25)26)23-11-22-14-15(19)20-10-21-16(14)23/h10-13,24H,7-9H2,1-6H3,(H2,19,20,21)/t12-,13+,18-/m0/s1. The molecule has 3 N–H and O–H groups in total. The summed E-state index contributed by atoms with van der Waals surface area (Å²) in [6.07, 6.45) is 2.94. The summed E-state index contributed by atoms with van der Waals surface area (Å²) in [7, 11) is -6.05. The van der Waals surface area contributed by atoms with Crippen molar-refractivity contribution in [3.05, 3.63) is 12.7 Å². The van der Waals surface area contributed by atoms with Gasteiger partial charge in [-0.05, 0) is 18.1 Å². The van der Waals surface area contributed by atoms with Crippen LogP contribution in [-0.4, -0.2) is 72.5 Å². The second kappa shape index (κ2) is 8.05. The van der Waals surface area contributed by atoms with Crippen LogP contribution in [0.15, 0.2) is 12.7 Å². The number of nitrogens with zero attached hydrogens (tertiary/aromatic N) is 4. The van der Waals surface area contributed by atoms with Gasteiger partial charge in [0.15, 0.2) is 19.8 Å². The first-order valence-corrected chi connectivity index (χ1v) is 14.7. The summed E-state index contributed by atoms with van der Waals surface area (Å²) in [4.78, 5) is 12.5. The van der Waals surface area contributed by atoms with E-state index in [9.17, 15) is 13.5 Å². The first-order valence-electron chi connectivity index (χ1n) is 9.93. The van der Waals surface area contributed by atoms with Crippen molar-refractivity contribution in [3.8, 4) is 0 Å². The minimum absolute atomic E-state index is 0.104. The van der Waals surface area contributed by atoms with Crippen molar-refractivity contribution in [2.75, 3.05) is 25.2 Å². The quantitative estimate of drug-likeness (QED) is 0.446. The van der Waals surface area contributed by atoms with Gasteiger partial charge < -0.3 is 20.0 Å². The molecule has 0 aromatic carbocycles. The van der Waals surface area contributed by atoms with Crippen LogP contribution in [0.2, 0.25) is 18.1 Å². The summed E-state index contributed by atoms with van der Waals surface area (Å²) in [5, 5.41) is 10.2. The number of fused-ring (bicyclic) bond motifs is 1. The average Bonchev–Trinajstić information content (AvgIpc) is 3.21. The van der Waals surface area contributed by atoms with E-state index in [2.05, 4.69) is 48.8 Å². The van der Waals surface area contributed by atoms with Gasteiger partial charge in [0.25, 0.3) is 10.1 Å². The third-order valence-corrected chi connectivity index (χ3v) is 11.1. The van der Waals surface area contributed by atoms with Crippen molar-refractivity contribution in [2.24, 2.45) is 0 Å². The molecule has 0 radical (unpaired) electrons. The highest BCUT2D eigenvalue weighted by Crippen LogP contribution is 2.45. The van der Waals surface area contributed by atoms with E-state index in [1.54, 1.807) is 4.57 Å². The second-order valence-corrected chi connectivity index (χ2v) is 15.8. The Kier molecular flexibility index (Phi) is 6.23. The van der Waals surface area contributed by atoms with E-state index in [0.717, 1.165) is 6.26 Å². The number of anilines is 1. The zero-order chi connectivity index (χ0) is 23.2. The van der Waals surface area contributed by atoms with Crippen molar-refractivity contribution in [1.82, 2.24) is 19.5 Å². The van der Waals surface area contributed by atoms with Gasteiger partial charge >= 0.3 is 0 Å². The molecule has 0 bridgehead atoms. The van der Waals surface area contributed by atoms with Gasteiger partial charge in [0.05, 0.1) is 25.3 Å². The molecule has 1 saturated heterocycles. The maximum atomic E-state index is 11.7. The van der Waals surface area contributed by atoms with Crippen LogP contribution in [0.1, 0.15) is 33.4 Å². The Morgan fingerprint density at radius 3 is 2.61 bits per heavy atom. The molecular formula is C18H31N5O6SSi. The van der Waals surface area contributed by atoms with Crippen molar-refractivity contribution in [3.63, 3.8) is 0 Å². The fourth-order valence-electron chi connectivity index (χ4n) is 3.25. The summed E-state index contributed by atoms with van der Waals surface area (Å²) in [5.41, 5.74) is 5.42. The molecule has 0 saturated carbocycles. The van der Waals surface area contributed by atoms with E-state index in [4.69, 9.17) is 19.1 Å². The summed E-state index contributed by atoms with van der Waals surface area (Å²) in [6, 6.07) is 0.